The van der Waals surface area contributed by atoms with Crippen molar-refractivity contribution in [1.82, 2.24) is 3.97 Å². The zero-order chi connectivity index (χ0) is 20.6. The number of hydrogen-bond donors (Lipinski definition) is 0. The smallest absolute Gasteiger partial charge is 0.340 e. The summed E-state index contributed by atoms with van der Waals surface area (Å²) in [7, 11) is -2.67. The minimum atomic E-state index is -3.92. The van der Waals surface area contributed by atoms with Crippen LogP contribution in [0.4, 0.5) is 0 Å². The number of rotatable bonds is 4. The Morgan fingerprint density at radius 1 is 0.964 bits per heavy atom. The fourth-order valence-corrected chi connectivity index (χ4v) is 5.15. The van der Waals surface area contributed by atoms with Gasteiger partial charge in [0.2, 0.25) is 0 Å². The lowest BCUT2D eigenvalue weighted by Crippen LogP contribution is -2.16. The zero-order valence-corrected chi connectivity index (χ0v) is 17.7. The van der Waals surface area contributed by atoms with Crippen molar-refractivity contribution in [3.05, 3.63) is 75.5 Å². The number of benzene rings is 2. The number of ether oxygens (including phenoxy) is 1. The average Bonchev–Trinajstić information content (AvgIpc) is 2.95. The molecule has 0 aliphatic carbocycles. The normalized spacial score (nSPS) is 11.5. The molecular formula is C20H17Cl2NO4S. The molecule has 0 amide bonds. The number of aromatic nitrogens is 1. The van der Waals surface area contributed by atoms with E-state index in [-0.39, 0.29) is 16.2 Å². The zero-order valence-electron chi connectivity index (χ0n) is 15.4. The fourth-order valence-electron chi connectivity index (χ4n) is 3.23. The number of esters is 1. The summed E-state index contributed by atoms with van der Waals surface area (Å²) in [5, 5.41) is 0.654. The van der Waals surface area contributed by atoms with Gasteiger partial charge >= 0.3 is 5.97 Å². The van der Waals surface area contributed by atoms with E-state index < -0.39 is 16.0 Å². The van der Waals surface area contributed by atoms with Gasteiger partial charge in [0.05, 0.1) is 27.6 Å². The molecule has 2 aromatic carbocycles. The second-order valence-electron chi connectivity index (χ2n) is 6.12. The van der Waals surface area contributed by atoms with Crippen molar-refractivity contribution in [2.75, 3.05) is 7.11 Å². The van der Waals surface area contributed by atoms with Gasteiger partial charge in [-0.1, -0.05) is 47.5 Å². The molecule has 3 rings (SSSR count). The lowest BCUT2D eigenvalue weighted by Gasteiger charge is -2.11. The molecule has 0 radical (unpaired) electrons. The minimum Gasteiger partial charge on any atom is -0.465 e. The number of halogens is 2. The molecule has 1 heterocycles. The average molecular weight is 438 g/mol. The van der Waals surface area contributed by atoms with Crippen molar-refractivity contribution in [2.45, 2.75) is 18.7 Å². The van der Waals surface area contributed by atoms with Crippen molar-refractivity contribution in [1.29, 1.82) is 0 Å². The molecule has 3 aromatic rings. The maximum atomic E-state index is 13.3. The molecule has 8 heteroatoms. The summed E-state index contributed by atoms with van der Waals surface area (Å²) in [4.78, 5) is 12.6. The van der Waals surface area contributed by atoms with Crippen molar-refractivity contribution in [3.8, 4) is 11.1 Å². The maximum Gasteiger partial charge on any atom is 0.340 e. The molecule has 1 aromatic heterocycles. The molecule has 0 saturated carbocycles. The number of hydrogen-bond acceptors (Lipinski definition) is 4. The van der Waals surface area contributed by atoms with Crippen LogP contribution in [0.25, 0.3) is 11.1 Å². The van der Waals surface area contributed by atoms with Gasteiger partial charge in [-0.2, -0.15) is 0 Å². The second-order valence-corrected chi connectivity index (χ2v) is 8.72. The maximum absolute atomic E-state index is 13.3. The highest BCUT2D eigenvalue weighted by molar-refractivity contribution is 7.90. The Balaban J connectivity index is 2.37. The first-order valence-electron chi connectivity index (χ1n) is 8.26. The molecule has 0 fully saturated rings. The Kier molecular flexibility index (Phi) is 5.57. The van der Waals surface area contributed by atoms with Gasteiger partial charge in [-0.25, -0.2) is 17.2 Å². The number of methoxy groups -OCH3 is 1. The summed E-state index contributed by atoms with van der Waals surface area (Å²) in [6.07, 6.45) is 0. The summed E-state index contributed by atoms with van der Waals surface area (Å²) in [6, 6.07) is 12.9. The summed E-state index contributed by atoms with van der Waals surface area (Å²) < 4.78 is 32.6. The largest absolute Gasteiger partial charge is 0.465 e. The Bertz CT molecular complexity index is 1170. The van der Waals surface area contributed by atoms with Crippen LogP contribution in [0.1, 0.15) is 21.7 Å². The van der Waals surface area contributed by atoms with Gasteiger partial charge in [-0.15, -0.1) is 0 Å². The van der Waals surface area contributed by atoms with Crippen molar-refractivity contribution >= 4 is 39.2 Å². The van der Waals surface area contributed by atoms with Crippen LogP contribution in [0.3, 0.4) is 0 Å². The number of carbonyl (C=O) groups excluding carboxylic acids is 1. The van der Waals surface area contributed by atoms with Crippen LogP contribution < -0.4 is 0 Å². The highest BCUT2D eigenvalue weighted by Crippen LogP contribution is 2.37. The van der Waals surface area contributed by atoms with Crippen LogP contribution in [-0.4, -0.2) is 25.5 Å². The van der Waals surface area contributed by atoms with Crippen LogP contribution in [0.2, 0.25) is 10.0 Å². The Morgan fingerprint density at radius 2 is 1.61 bits per heavy atom. The molecule has 146 valence electrons. The summed E-state index contributed by atoms with van der Waals surface area (Å²) in [5.41, 5.74) is 1.80. The summed E-state index contributed by atoms with van der Waals surface area (Å²) in [6.45, 7) is 3.21. The first-order valence-corrected chi connectivity index (χ1v) is 10.5. The van der Waals surface area contributed by atoms with Crippen molar-refractivity contribution in [2.24, 2.45) is 0 Å². The van der Waals surface area contributed by atoms with E-state index in [1.54, 1.807) is 50.2 Å². The topological polar surface area (TPSA) is 65.4 Å². The third-order valence-corrected chi connectivity index (χ3v) is 7.10. The van der Waals surface area contributed by atoms with Crippen molar-refractivity contribution in [3.63, 3.8) is 0 Å². The molecule has 0 saturated heterocycles. The number of carbonyl (C=O) groups is 1. The van der Waals surface area contributed by atoms with Crippen LogP contribution in [0, 0.1) is 13.8 Å². The van der Waals surface area contributed by atoms with Gasteiger partial charge < -0.3 is 4.74 Å². The fraction of sp³-hybridized carbons (Fsp3) is 0.150. The van der Waals surface area contributed by atoms with Gasteiger partial charge in [0.25, 0.3) is 10.0 Å². The molecule has 0 aliphatic heterocycles. The van der Waals surface area contributed by atoms with Gasteiger partial charge in [-0.05, 0) is 43.7 Å². The molecular weight excluding hydrogens is 421 g/mol. The van der Waals surface area contributed by atoms with Crippen LogP contribution in [0.15, 0.2) is 53.4 Å². The summed E-state index contributed by atoms with van der Waals surface area (Å²) >= 11 is 12.1. The van der Waals surface area contributed by atoms with Gasteiger partial charge in [-0.3, -0.25) is 0 Å². The predicted octanol–water partition coefficient (Wildman–Crippen LogP) is 5.10. The second kappa shape index (κ2) is 7.62. The van der Waals surface area contributed by atoms with Crippen molar-refractivity contribution < 1.29 is 17.9 Å². The first-order chi connectivity index (χ1) is 13.2. The van der Waals surface area contributed by atoms with Gasteiger partial charge in [0.15, 0.2) is 0 Å². The molecule has 0 spiro atoms. The van der Waals surface area contributed by atoms with E-state index in [2.05, 4.69) is 0 Å². The van der Waals surface area contributed by atoms with Crippen LogP contribution >= 0.6 is 23.2 Å². The van der Waals surface area contributed by atoms with E-state index in [1.807, 2.05) is 0 Å². The third kappa shape index (κ3) is 3.32. The van der Waals surface area contributed by atoms with E-state index in [9.17, 15) is 13.2 Å². The first kappa shape index (κ1) is 20.5. The van der Waals surface area contributed by atoms with E-state index in [1.165, 1.54) is 19.2 Å². The highest BCUT2D eigenvalue weighted by atomic mass is 35.5. The van der Waals surface area contributed by atoms with E-state index in [4.69, 9.17) is 27.9 Å². The van der Waals surface area contributed by atoms with Gasteiger partial charge in [0.1, 0.15) is 0 Å². The highest BCUT2D eigenvalue weighted by Gasteiger charge is 2.31. The molecule has 28 heavy (non-hydrogen) atoms. The minimum absolute atomic E-state index is 0.119. The predicted molar refractivity (Wildman–Crippen MR) is 110 cm³/mol. The molecule has 0 N–H and O–H groups in total. The molecule has 0 unspecified atom stereocenters. The lowest BCUT2D eigenvalue weighted by molar-refractivity contribution is 0.0601. The quantitative estimate of drug-likeness (QED) is 0.532. The van der Waals surface area contributed by atoms with E-state index in [0.717, 1.165) is 3.97 Å². The standard InChI is InChI=1S/C20H17Cl2NO4S/c1-12-18(14-9-10-16(21)17(22)11-14)19(20(24)27-3)13(2)23(12)28(25,26)15-7-5-4-6-8-15/h4-11H,1-3H3. The van der Waals surface area contributed by atoms with E-state index in [0.29, 0.717) is 26.9 Å². The van der Waals surface area contributed by atoms with Crippen LogP contribution in [0.5, 0.6) is 0 Å². The molecule has 0 bridgehead atoms. The van der Waals surface area contributed by atoms with Gasteiger partial charge in [0, 0.05) is 17.0 Å². The number of nitrogens with zero attached hydrogens (tertiary/aromatic N) is 1. The lowest BCUT2D eigenvalue weighted by atomic mass is 10.0. The summed E-state index contributed by atoms with van der Waals surface area (Å²) in [5.74, 6) is -0.635. The molecule has 0 atom stereocenters. The molecule has 5 nitrogen and oxygen atoms in total. The SMILES string of the molecule is COC(=O)c1c(-c2ccc(Cl)c(Cl)c2)c(C)n(S(=O)(=O)c2ccccc2)c1C. The Labute approximate surface area is 173 Å². The Hall–Kier alpha value is -2.28. The van der Waals surface area contributed by atoms with Crippen LogP contribution in [-0.2, 0) is 14.8 Å². The molecule has 0 aliphatic rings. The third-order valence-electron chi connectivity index (χ3n) is 4.46. The van der Waals surface area contributed by atoms with E-state index >= 15 is 0 Å². The monoisotopic (exact) mass is 437 g/mol. The Morgan fingerprint density at radius 3 is 2.18 bits per heavy atom.